The fraction of sp³-hybridized carbons (Fsp3) is 0.417. The maximum absolute atomic E-state index is 13.7. The number of aliphatic hydroxyl groups is 1. The molecule has 29 heavy (non-hydrogen) atoms. The molecule has 4 nitrogen and oxygen atoms in total. The molecule has 2 heterocycles. The zero-order valence-corrected chi connectivity index (χ0v) is 16.6. The van der Waals surface area contributed by atoms with Crippen LogP contribution in [0, 0.1) is 18.2 Å². The molecule has 2 fully saturated rings. The highest BCUT2D eigenvalue weighted by molar-refractivity contribution is 5.43. The van der Waals surface area contributed by atoms with Crippen molar-refractivity contribution in [3.63, 3.8) is 0 Å². The number of hydrogen-bond acceptors (Lipinski definition) is 4. The van der Waals surface area contributed by atoms with Crippen LogP contribution in [0.25, 0.3) is 0 Å². The molecule has 0 aromatic heterocycles. The molecule has 2 aromatic rings. The topological polar surface area (TPSA) is 41.9 Å². The lowest BCUT2D eigenvalue weighted by Gasteiger charge is -2.44. The molecule has 2 saturated heterocycles. The van der Waals surface area contributed by atoms with Crippen molar-refractivity contribution >= 4 is 0 Å². The summed E-state index contributed by atoms with van der Waals surface area (Å²) in [5.41, 5.74) is 0.850. The molecule has 2 aliphatic heterocycles. The lowest BCUT2D eigenvalue weighted by Crippen LogP contribution is -2.49. The van der Waals surface area contributed by atoms with Gasteiger partial charge in [-0.2, -0.15) is 0 Å². The highest BCUT2D eigenvalue weighted by Crippen LogP contribution is 2.46. The summed E-state index contributed by atoms with van der Waals surface area (Å²) in [6.07, 6.45) is 8.59. The number of methoxy groups -OCH3 is 1. The van der Waals surface area contributed by atoms with Crippen molar-refractivity contribution in [1.82, 2.24) is 4.90 Å². The van der Waals surface area contributed by atoms with E-state index < -0.39 is 5.60 Å². The van der Waals surface area contributed by atoms with Crippen molar-refractivity contribution in [3.05, 3.63) is 59.4 Å². The van der Waals surface area contributed by atoms with Crippen molar-refractivity contribution in [3.8, 4) is 23.8 Å². The monoisotopic (exact) mass is 395 g/mol. The quantitative estimate of drug-likeness (QED) is 0.755. The average Bonchev–Trinajstić information content (AvgIpc) is 2.96. The van der Waals surface area contributed by atoms with Gasteiger partial charge in [0, 0.05) is 18.6 Å². The van der Waals surface area contributed by atoms with E-state index >= 15 is 0 Å². The predicted molar refractivity (Wildman–Crippen MR) is 109 cm³/mol. The van der Waals surface area contributed by atoms with E-state index in [9.17, 15) is 9.50 Å². The van der Waals surface area contributed by atoms with Gasteiger partial charge in [0.15, 0.2) is 11.5 Å². The van der Waals surface area contributed by atoms with Crippen LogP contribution in [0.4, 0.5) is 4.39 Å². The molecule has 5 heteroatoms. The fourth-order valence-electron chi connectivity index (χ4n) is 4.85. The van der Waals surface area contributed by atoms with Gasteiger partial charge in [-0.3, -0.25) is 4.90 Å². The first-order valence-corrected chi connectivity index (χ1v) is 10.00. The number of nitrogens with zero attached hydrogens (tertiary/aromatic N) is 1. The maximum Gasteiger partial charge on any atom is 0.162 e. The van der Waals surface area contributed by atoms with Crippen LogP contribution < -0.4 is 9.47 Å². The molecule has 1 N–H and O–H groups in total. The van der Waals surface area contributed by atoms with E-state index in [1.54, 1.807) is 13.2 Å². The lowest BCUT2D eigenvalue weighted by atomic mass is 9.80. The van der Waals surface area contributed by atoms with Gasteiger partial charge in [0.05, 0.1) is 12.7 Å². The van der Waals surface area contributed by atoms with Crippen LogP contribution in [-0.2, 0) is 12.1 Å². The van der Waals surface area contributed by atoms with Crippen molar-refractivity contribution < 1.29 is 19.0 Å². The van der Waals surface area contributed by atoms with Crippen LogP contribution in [0.3, 0.4) is 0 Å². The summed E-state index contributed by atoms with van der Waals surface area (Å²) in [5, 5.41) is 11.3. The molecule has 2 bridgehead atoms. The smallest absolute Gasteiger partial charge is 0.162 e. The molecule has 2 aromatic carbocycles. The number of rotatable bonds is 6. The van der Waals surface area contributed by atoms with Crippen LogP contribution in [0.15, 0.2) is 42.5 Å². The second kappa shape index (κ2) is 8.06. The van der Waals surface area contributed by atoms with Gasteiger partial charge in [-0.25, -0.2) is 4.39 Å². The van der Waals surface area contributed by atoms with Gasteiger partial charge in [0.25, 0.3) is 0 Å². The number of ether oxygens (including phenoxy) is 2. The van der Waals surface area contributed by atoms with Crippen LogP contribution >= 0.6 is 0 Å². The summed E-state index contributed by atoms with van der Waals surface area (Å²) >= 11 is 0. The maximum atomic E-state index is 13.7. The normalized spacial score (nSPS) is 26.1. The lowest BCUT2D eigenvalue weighted by molar-refractivity contribution is -0.0596. The Kier molecular flexibility index (Phi) is 5.49. The molecule has 0 saturated carbocycles. The van der Waals surface area contributed by atoms with Gasteiger partial charge in [-0.05, 0) is 61.1 Å². The Balaban J connectivity index is 1.50. The zero-order chi connectivity index (χ0) is 20.4. The largest absolute Gasteiger partial charge is 0.493 e. The van der Waals surface area contributed by atoms with E-state index in [1.165, 1.54) is 12.1 Å². The van der Waals surface area contributed by atoms with Gasteiger partial charge < -0.3 is 14.6 Å². The molecular formula is C24H26FNO3. The van der Waals surface area contributed by atoms with Gasteiger partial charge in [-0.15, -0.1) is 6.42 Å². The predicted octanol–water partition coefficient (Wildman–Crippen LogP) is 3.86. The number of fused-ring (bicyclic) bond motifs is 2. The van der Waals surface area contributed by atoms with Crippen LogP contribution in [0.5, 0.6) is 11.5 Å². The van der Waals surface area contributed by atoms with E-state index in [-0.39, 0.29) is 24.5 Å². The average molecular weight is 395 g/mol. The van der Waals surface area contributed by atoms with Gasteiger partial charge in [0.2, 0.25) is 0 Å². The van der Waals surface area contributed by atoms with E-state index in [0.717, 1.165) is 24.9 Å². The first-order valence-electron chi connectivity index (χ1n) is 10.00. The Bertz CT molecular complexity index is 909. The molecule has 1 unspecified atom stereocenters. The number of terminal acetylenes is 1. The van der Waals surface area contributed by atoms with Gasteiger partial charge in [-0.1, -0.05) is 24.1 Å². The highest BCUT2D eigenvalue weighted by atomic mass is 19.1. The van der Waals surface area contributed by atoms with E-state index in [1.807, 2.05) is 24.3 Å². The van der Waals surface area contributed by atoms with E-state index in [4.69, 9.17) is 15.9 Å². The third kappa shape index (κ3) is 3.96. The molecule has 2 aliphatic rings. The second-order valence-corrected chi connectivity index (χ2v) is 7.99. The van der Waals surface area contributed by atoms with Crippen LogP contribution in [-0.4, -0.2) is 35.8 Å². The minimum absolute atomic E-state index is 0.199. The van der Waals surface area contributed by atoms with E-state index in [2.05, 4.69) is 10.8 Å². The van der Waals surface area contributed by atoms with Crippen molar-refractivity contribution in [2.45, 2.75) is 49.9 Å². The first-order chi connectivity index (χ1) is 14.0. The standard InChI is InChI=1S/C24H26FNO3/c1-3-11-29-22-10-7-17(12-23(22)28-2)16-26-20-8-9-21(26)15-24(27,14-20)18-5-4-6-19(25)13-18/h1,4-7,10,12-13,20-21,27H,8-9,11,14-16H2,2H3/t20-,21+,24?. The number of benzene rings is 2. The summed E-state index contributed by atoms with van der Waals surface area (Å²) < 4.78 is 24.7. The minimum Gasteiger partial charge on any atom is -0.493 e. The van der Waals surface area contributed by atoms with Crippen molar-refractivity contribution in [2.75, 3.05) is 13.7 Å². The molecule has 3 atom stereocenters. The zero-order valence-electron chi connectivity index (χ0n) is 16.6. The summed E-state index contributed by atoms with van der Waals surface area (Å²) in [4.78, 5) is 2.46. The Hall–Kier alpha value is -2.55. The highest BCUT2D eigenvalue weighted by Gasteiger charge is 2.48. The second-order valence-electron chi connectivity index (χ2n) is 7.99. The molecule has 0 spiro atoms. The summed E-state index contributed by atoms with van der Waals surface area (Å²) in [5.74, 6) is 3.46. The third-order valence-electron chi connectivity index (χ3n) is 6.18. The summed E-state index contributed by atoms with van der Waals surface area (Å²) in [6.45, 7) is 0.977. The number of piperidine rings is 1. The SMILES string of the molecule is C#CCOc1ccc(CN2[C@@H]3CC[C@H]2CC(O)(c2cccc(F)c2)C3)cc1OC. The Morgan fingerprint density at radius 2 is 1.93 bits per heavy atom. The number of hydrogen-bond donors (Lipinski definition) is 1. The Morgan fingerprint density at radius 3 is 2.59 bits per heavy atom. The Labute approximate surface area is 171 Å². The van der Waals surface area contributed by atoms with Crippen molar-refractivity contribution in [2.24, 2.45) is 0 Å². The summed E-state index contributed by atoms with van der Waals surface area (Å²) in [7, 11) is 1.62. The molecule has 4 rings (SSSR count). The van der Waals surface area contributed by atoms with Gasteiger partial charge >= 0.3 is 0 Å². The summed E-state index contributed by atoms with van der Waals surface area (Å²) in [6, 6.07) is 12.8. The molecule has 0 radical (unpaired) electrons. The molecule has 0 amide bonds. The van der Waals surface area contributed by atoms with Crippen molar-refractivity contribution in [1.29, 1.82) is 0 Å². The van der Waals surface area contributed by atoms with Gasteiger partial charge in [0.1, 0.15) is 12.4 Å². The molecule has 0 aliphatic carbocycles. The van der Waals surface area contributed by atoms with E-state index in [0.29, 0.717) is 29.9 Å². The fourth-order valence-corrected chi connectivity index (χ4v) is 4.85. The molecule has 152 valence electrons. The van der Waals surface area contributed by atoms with Crippen LogP contribution in [0.2, 0.25) is 0 Å². The Morgan fingerprint density at radius 1 is 1.17 bits per heavy atom. The number of halogens is 1. The third-order valence-corrected chi connectivity index (χ3v) is 6.18. The minimum atomic E-state index is -0.963. The molecular weight excluding hydrogens is 369 g/mol. The first kappa shape index (κ1) is 19.8. The van der Waals surface area contributed by atoms with Crippen LogP contribution in [0.1, 0.15) is 36.8 Å².